The Morgan fingerprint density at radius 2 is 1.92 bits per heavy atom. The van der Waals surface area contributed by atoms with Gasteiger partial charge in [0, 0.05) is 41.3 Å². The number of aromatic nitrogens is 1. The first kappa shape index (κ1) is 21.4. The van der Waals surface area contributed by atoms with Crippen LogP contribution >= 0.6 is 51.6 Å². The summed E-state index contributed by atoms with van der Waals surface area (Å²) in [5.41, 5.74) is 2.91. The molecular formula is C16H19Cl2IN3OP. The Kier molecular flexibility index (Phi) is 9.89. The number of nitrogens with zero attached hydrogens (tertiary/aromatic N) is 1. The van der Waals surface area contributed by atoms with E-state index in [0.29, 0.717) is 33.4 Å². The average Bonchev–Trinajstić information content (AvgIpc) is 2.57. The van der Waals surface area contributed by atoms with Crippen LogP contribution in [0.1, 0.15) is 31.9 Å². The van der Waals surface area contributed by atoms with Crippen molar-refractivity contribution in [1.29, 1.82) is 5.41 Å². The number of nitrogens with one attached hydrogen (secondary N) is 2. The maximum absolute atomic E-state index is 7.87. The Labute approximate surface area is 167 Å². The van der Waals surface area contributed by atoms with Gasteiger partial charge in [-0.1, -0.05) is 37.0 Å². The smallest absolute Gasteiger partial charge is 0.120 e. The highest BCUT2D eigenvalue weighted by Crippen LogP contribution is 2.31. The van der Waals surface area contributed by atoms with Gasteiger partial charge in [0.2, 0.25) is 0 Å². The number of anilines is 1. The molecule has 0 radical (unpaired) electrons. The molecule has 4 nitrogen and oxygen atoms in total. The maximum atomic E-state index is 7.87. The largest absolute Gasteiger partial charge is 0.489 e. The molecule has 0 aliphatic heterocycles. The summed E-state index contributed by atoms with van der Waals surface area (Å²) in [6.07, 6.45) is 3.61. The van der Waals surface area contributed by atoms with E-state index in [9.17, 15) is 0 Å². The van der Waals surface area contributed by atoms with Gasteiger partial charge in [0.1, 0.15) is 12.4 Å². The Hall–Kier alpha value is -0.620. The fourth-order valence-electron chi connectivity index (χ4n) is 1.81. The Morgan fingerprint density at radius 1 is 1.29 bits per heavy atom. The van der Waals surface area contributed by atoms with Crippen molar-refractivity contribution < 1.29 is 4.74 Å². The Bertz CT molecular complexity index is 681. The van der Waals surface area contributed by atoms with E-state index < -0.39 is 0 Å². The van der Waals surface area contributed by atoms with Crippen LogP contribution in [0.5, 0.6) is 5.75 Å². The third-order valence-electron chi connectivity index (χ3n) is 2.91. The molecule has 2 N–H and O–H groups in total. The lowest BCUT2D eigenvalue weighted by atomic mass is 10.1. The van der Waals surface area contributed by atoms with Crippen molar-refractivity contribution in [1.82, 2.24) is 4.98 Å². The van der Waals surface area contributed by atoms with Crippen LogP contribution in [0.4, 0.5) is 5.69 Å². The number of ether oxygens (including phenoxy) is 1. The Morgan fingerprint density at radius 3 is 2.46 bits per heavy atom. The fraction of sp³-hybridized carbons (Fsp3) is 0.250. The number of benzene rings is 1. The molecule has 0 aliphatic rings. The molecule has 1 aromatic heterocycles. The van der Waals surface area contributed by atoms with Crippen LogP contribution in [-0.4, -0.2) is 10.7 Å². The molecule has 8 heteroatoms. The topological polar surface area (TPSA) is 58.0 Å². The molecule has 1 aromatic carbocycles. The SMILES string of the molecule is CC.CC(=N)c1cc(OCc2c(Cl)cncc2Cl)ccc1NPI. The zero-order chi connectivity index (χ0) is 18.1. The predicted octanol–water partition coefficient (Wildman–Crippen LogP) is 6.74. The van der Waals surface area contributed by atoms with Gasteiger partial charge in [0.25, 0.3) is 0 Å². The average molecular weight is 498 g/mol. The Balaban J connectivity index is 0.00000139. The lowest BCUT2D eigenvalue weighted by Gasteiger charge is -2.13. The highest BCUT2D eigenvalue weighted by molar-refractivity contribution is 14.2. The van der Waals surface area contributed by atoms with Crippen molar-refractivity contribution in [2.24, 2.45) is 0 Å². The van der Waals surface area contributed by atoms with E-state index in [0.717, 1.165) is 11.3 Å². The first-order valence-corrected chi connectivity index (χ1v) is 12.1. The van der Waals surface area contributed by atoms with Crippen LogP contribution in [0.3, 0.4) is 0 Å². The lowest BCUT2D eigenvalue weighted by Crippen LogP contribution is -2.01. The molecule has 2 aromatic rings. The van der Waals surface area contributed by atoms with E-state index in [1.807, 2.05) is 32.0 Å². The van der Waals surface area contributed by atoms with Gasteiger partial charge in [0.05, 0.1) is 10.0 Å². The van der Waals surface area contributed by atoms with Crippen molar-refractivity contribution in [3.8, 4) is 5.75 Å². The summed E-state index contributed by atoms with van der Waals surface area (Å²) in [6, 6.07) is 5.60. The maximum Gasteiger partial charge on any atom is 0.120 e. The van der Waals surface area contributed by atoms with E-state index in [-0.39, 0.29) is 6.61 Å². The van der Waals surface area contributed by atoms with Gasteiger partial charge >= 0.3 is 0 Å². The molecule has 2 rings (SSSR count). The van der Waals surface area contributed by atoms with Crippen LogP contribution in [0.15, 0.2) is 30.6 Å². The fourth-order valence-corrected chi connectivity index (χ4v) is 3.48. The molecule has 1 unspecified atom stereocenters. The zero-order valence-electron chi connectivity index (χ0n) is 13.6. The van der Waals surface area contributed by atoms with Crippen molar-refractivity contribution >= 4 is 63.0 Å². The van der Waals surface area contributed by atoms with Gasteiger partial charge in [0.15, 0.2) is 0 Å². The molecule has 1 heterocycles. The van der Waals surface area contributed by atoms with E-state index in [2.05, 4.69) is 32.1 Å². The standard InChI is InChI=1S/C14H13Cl2IN3OP.C2H6/c1-8(18)10-4-9(2-3-14(10)20-22-17)21-7-11-12(15)5-19-6-13(11)16;1-2/h2-6,18,20,22H,7H2,1H3;1-2H3. The van der Waals surface area contributed by atoms with E-state index >= 15 is 0 Å². The summed E-state index contributed by atoms with van der Waals surface area (Å²) in [5.74, 6) is 0.660. The highest BCUT2D eigenvalue weighted by Gasteiger charge is 2.10. The van der Waals surface area contributed by atoms with Crippen LogP contribution in [0, 0.1) is 5.41 Å². The van der Waals surface area contributed by atoms with Crippen molar-refractivity contribution in [3.05, 3.63) is 51.8 Å². The second-order valence-corrected chi connectivity index (χ2v) is 7.29. The first-order valence-electron chi connectivity index (χ1n) is 7.25. The molecule has 0 amide bonds. The van der Waals surface area contributed by atoms with Gasteiger partial charge in [-0.3, -0.25) is 4.98 Å². The third-order valence-corrected chi connectivity index (χ3v) is 4.74. The summed E-state index contributed by atoms with van der Waals surface area (Å²) >= 11 is 14.4. The number of hydrogen-bond donors (Lipinski definition) is 2. The lowest BCUT2D eigenvalue weighted by molar-refractivity contribution is 0.306. The van der Waals surface area contributed by atoms with Gasteiger partial charge < -0.3 is 15.2 Å². The number of rotatable bonds is 6. The first-order chi connectivity index (χ1) is 11.5. The minimum absolute atomic E-state index is 0.248. The zero-order valence-corrected chi connectivity index (χ0v) is 18.3. The number of halogens is 3. The predicted molar refractivity (Wildman–Crippen MR) is 115 cm³/mol. The molecule has 130 valence electrons. The van der Waals surface area contributed by atoms with Gasteiger partial charge in [-0.05, 0) is 47.2 Å². The molecular weight excluding hydrogens is 479 g/mol. The monoisotopic (exact) mass is 497 g/mol. The van der Waals surface area contributed by atoms with Gasteiger partial charge in [-0.25, -0.2) is 0 Å². The van der Waals surface area contributed by atoms with Crippen molar-refractivity contribution in [2.45, 2.75) is 27.4 Å². The summed E-state index contributed by atoms with van der Waals surface area (Å²) in [4.78, 5) is 3.91. The molecule has 1 atom stereocenters. The van der Waals surface area contributed by atoms with E-state index in [4.69, 9.17) is 33.3 Å². The molecule has 24 heavy (non-hydrogen) atoms. The molecule has 0 fully saturated rings. The third kappa shape index (κ3) is 6.03. The second kappa shape index (κ2) is 11.1. The van der Waals surface area contributed by atoms with Gasteiger partial charge in [-0.15, -0.1) is 0 Å². The minimum Gasteiger partial charge on any atom is -0.489 e. The molecule has 0 saturated heterocycles. The summed E-state index contributed by atoms with van der Waals surface area (Å²) < 4.78 is 5.76. The molecule has 0 bridgehead atoms. The summed E-state index contributed by atoms with van der Waals surface area (Å²) in [7, 11) is 0. The molecule has 0 aliphatic carbocycles. The normalized spacial score (nSPS) is 10.2. The number of pyridine rings is 1. The van der Waals surface area contributed by atoms with Crippen molar-refractivity contribution in [3.63, 3.8) is 0 Å². The van der Waals surface area contributed by atoms with E-state index in [1.165, 1.54) is 12.4 Å². The number of hydrogen-bond acceptors (Lipinski definition) is 4. The highest BCUT2D eigenvalue weighted by atomic mass is 127. The molecule has 0 saturated carbocycles. The van der Waals surface area contributed by atoms with Crippen LogP contribution < -0.4 is 9.82 Å². The summed E-state index contributed by atoms with van der Waals surface area (Å²) in [6.45, 7) is 5.99. The van der Waals surface area contributed by atoms with Crippen LogP contribution in [-0.2, 0) is 6.61 Å². The quantitative estimate of drug-likeness (QED) is 0.264. The van der Waals surface area contributed by atoms with Gasteiger partial charge in [-0.2, -0.15) is 0 Å². The van der Waals surface area contributed by atoms with Crippen LogP contribution in [0.2, 0.25) is 10.0 Å². The van der Waals surface area contributed by atoms with Crippen LogP contribution in [0.25, 0.3) is 0 Å². The van der Waals surface area contributed by atoms with Crippen molar-refractivity contribution in [2.75, 3.05) is 5.09 Å². The minimum atomic E-state index is 0.248. The molecule has 0 spiro atoms. The second-order valence-electron chi connectivity index (χ2n) is 4.42. The van der Waals surface area contributed by atoms with E-state index in [1.54, 1.807) is 6.92 Å². The summed E-state index contributed by atoms with van der Waals surface area (Å²) in [5, 5.41) is 12.1.